The number of amides is 2. The van der Waals surface area contributed by atoms with Gasteiger partial charge in [0.2, 0.25) is 11.8 Å². The van der Waals surface area contributed by atoms with Crippen molar-refractivity contribution in [3.05, 3.63) is 47.5 Å². The number of hydrogen-bond donors (Lipinski definition) is 2. The lowest BCUT2D eigenvalue weighted by Crippen LogP contribution is -2.54. The zero-order chi connectivity index (χ0) is 24.0. The number of carbonyl (C=O) groups excluding carboxylic acids is 2. The summed E-state index contributed by atoms with van der Waals surface area (Å²) in [6, 6.07) is 11.5. The molecule has 2 aromatic carbocycles. The van der Waals surface area contributed by atoms with Crippen molar-refractivity contribution in [3.63, 3.8) is 0 Å². The number of hydrogen-bond acceptors (Lipinski definition) is 6. The van der Waals surface area contributed by atoms with Gasteiger partial charge in [-0.1, -0.05) is 12.1 Å². The van der Waals surface area contributed by atoms with Crippen LogP contribution in [-0.4, -0.2) is 74.6 Å². The fourth-order valence-electron chi connectivity index (χ4n) is 4.06. The molecule has 33 heavy (non-hydrogen) atoms. The highest BCUT2D eigenvalue weighted by atomic mass is 16.5. The third kappa shape index (κ3) is 6.69. The monoisotopic (exact) mass is 454 g/mol. The van der Waals surface area contributed by atoms with Crippen molar-refractivity contribution in [2.75, 3.05) is 57.6 Å². The molecule has 8 heteroatoms. The van der Waals surface area contributed by atoms with Crippen LogP contribution in [0.3, 0.4) is 0 Å². The van der Waals surface area contributed by atoms with Crippen LogP contribution in [0, 0.1) is 13.8 Å². The normalized spacial score (nSPS) is 16.8. The number of piperazine rings is 1. The minimum atomic E-state index is -0.0801. The van der Waals surface area contributed by atoms with Gasteiger partial charge in [0.15, 0.2) is 0 Å². The van der Waals surface area contributed by atoms with Gasteiger partial charge in [-0.2, -0.15) is 0 Å². The number of nitrogens with one attached hydrogen (secondary N) is 2. The van der Waals surface area contributed by atoms with E-state index in [1.54, 1.807) is 14.2 Å². The van der Waals surface area contributed by atoms with E-state index in [0.717, 1.165) is 11.1 Å². The summed E-state index contributed by atoms with van der Waals surface area (Å²) in [7, 11) is 3.18. The Morgan fingerprint density at radius 3 is 1.88 bits per heavy atom. The van der Waals surface area contributed by atoms with Crippen LogP contribution in [0.2, 0.25) is 0 Å². The maximum Gasteiger partial charge on any atom is 0.238 e. The third-order valence-electron chi connectivity index (χ3n) is 5.82. The van der Waals surface area contributed by atoms with Crippen LogP contribution in [-0.2, 0) is 9.59 Å². The predicted octanol–water partition coefficient (Wildman–Crippen LogP) is 2.90. The number of benzene rings is 2. The molecule has 1 aliphatic rings. The van der Waals surface area contributed by atoms with Crippen LogP contribution in [0.5, 0.6) is 11.5 Å². The molecule has 0 aliphatic carbocycles. The maximum atomic E-state index is 12.7. The van der Waals surface area contributed by atoms with Crippen molar-refractivity contribution >= 4 is 23.2 Å². The number of aryl methyl sites for hydroxylation is 2. The molecule has 0 spiro atoms. The van der Waals surface area contributed by atoms with Gasteiger partial charge in [0, 0.05) is 25.7 Å². The molecule has 2 aromatic rings. The highest BCUT2D eigenvalue weighted by molar-refractivity contribution is 5.94. The summed E-state index contributed by atoms with van der Waals surface area (Å²) in [5, 5.41) is 5.92. The topological polar surface area (TPSA) is 83.1 Å². The van der Waals surface area contributed by atoms with Gasteiger partial charge in [-0.05, 0) is 56.2 Å². The molecule has 0 bridgehead atoms. The lowest BCUT2D eigenvalue weighted by atomic mass is 10.1. The Bertz CT molecular complexity index is 994. The van der Waals surface area contributed by atoms with E-state index in [0.29, 0.717) is 55.6 Å². The Morgan fingerprint density at radius 2 is 1.39 bits per heavy atom. The van der Waals surface area contributed by atoms with Gasteiger partial charge in [0.25, 0.3) is 0 Å². The summed E-state index contributed by atoms with van der Waals surface area (Å²) in [6.45, 7) is 8.74. The highest BCUT2D eigenvalue weighted by Gasteiger charge is 2.26. The smallest absolute Gasteiger partial charge is 0.238 e. The lowest BCUT2D eigenvalue weighted by Gasteiger charge is -2.39. The number of rotatable bonds is 8. The number of carbonyl (C=O) groups is 2. The fraction of sp³-hybridized carbons (Fsp3) is 0.440. The minimum Gasteiger partial charge on any atom is -0.495 e. The van der Waals surface area contributed by atoms with Crippen molar-refractivity contribution in [3.8, 4) is 11.5 Å². The third-order valence-corrected chi connectivity index (χ3v) is 5.82. The van der Waals surface area contributed by atoms with Crippen molar-refractivity contribution < 1.29 is 19.1 Å². The highest BCUT2D eigenvalue weighted by Crippen LogP contribution is 2.26. The molecule has 1 aliphatic heterocycles. The number of ether oxygens (including phenoxy) is 2. The van der Waals surface area contributed by atoms with Gasteiger partial charge in [0.05, 0.1) is 38.7 Å². The first-order valence-corrected chi connectivity index (χ1v) is 11.1. The Hall–Kier alpha value is -3.10. The second kappa shape index (κ2) is 11.2. The molecule has 1 atom stereocenters. The summed E-state index contributed by atoms with van der Waals surface area (Å²) >= 11 is 0. The predicted molar refractivity (Wildman–Crippen MR) is 130 cm³/mol. The average Bonchev–Trinajstić information content (AvgIpc) is 2.76. The molecule has 1 saturated heterocycles. The molecule has 178 valence electrons. The van der Waals surface area contributed by atoms with Gasteiger partial charge in [-0.15, -0.1) is 0 Å². The lowest BCUT2D eigenvalue weighted by molar-refractivity contribution is -0.120. The van der Waals surface area contributed by atoms with Crippen LogP contribution in [0.4, 0.5) is 11.4 Å². The number of methoxy groups -OCH3 is 2. The van der Waals surface area contributed by atoms with Gasteiger partial charge >= 0.3 is 0 Å². The van der Waals surface area contributed by atoms with Crippen LogP contribution >= 0.6 is 0 Å². The zero-order valence-electron chi connectivity index (χ0n) is 20.1. The Kier molecular flexibility index (Phi) is 8.30. The molecule has 0 radical (unpaired) electrons. The first-order valence-electron chi connectivity index (χ1n) is 11.1. The molecule has 2 amide bonds. The van der Waals surface area contributed by atoms with Crippen molar-refractivity contribution in [2.45, 2.75) is 26.8 Å². The molecule has 3 rings (SSSR count). The second-order valence-electron chi connectivity index (χ2n) is 8.56. The van der Waals surface area contributed by atoms with Crippen LogP contribution < -0.4 is 20.1 Å². The van der Waals surface area contributed by atoms with E-state index in [1.807, 2.05) is 50.2 Å². The molecule has 0 saturated carbocycles. The van der Waals surface area contributed by atoms with Crippen molar-refractivity contribution in [2.24, 2.45) is 0 Å². The van der Waals surface area contributed by atoms with Gasteiger partial charge in [0.1, 0.15) is 11.5 Å². The van der Waals surface area contributed by atoms with Crippen LogP contribution in [0.1, 0.15) is 18.1 Å². The zero-order valence-corrected chi connectivity index (χ0v) is 20.1. The van der Waals surface area contributed by atoms with E-state index in [-0.39, 0.29) is 17.9 Å². The van der Waals surface area contributed by atoms with E-state index in [1.165, 1.54) is 0 Å². The molecule has 1 unspecified atom stereocenters. The molecule has 8 nitrogen and oxygen atoms in total. The quantitative estimate of drug-likeness (QED) is 0.638. The molecule has 0 aromatic heterocycles. The van der Waals surface area contributed by atoms with Gasteiger partial charge in [-0.25, -0.2) is 0 Å². The fourth-order valence-corrected chi connectivity index (χ4v) is 4.06. The van der Waals surface area contributed by atoms with Gasteiger partial charge < -0.3 is 20.1 Å². The van der Waals surface area contributed by atoms with E-state index in [9.17, 15) is 9.59 Å². The van der Waals surface area contributed by atoms with E-state index < -0.39 is 0 Å². The minimum absolute atomic E-state index is 0.0798. The Balaban J connectivity index is 1.50. The SMILES string of the molecule is COc1ccc(C)cc1NC(=O)CN1CCN(CC(=O)Nc2cc(C)ccc2OC)C(C)C1. The summed E-state index contributed by atoms with van der Waals surface area (Å²) in [5.41, 5.74) is 3.46. The average molecular weight is 455 g/mol. The molecular weight excluding hydrogens is 420 g/mol. The van der Waals surface area contributed by atoms with Crippen molar-refractivity contribution in [1.82, 2.24) is 9.80 Å². The Labute approximate surface area is 195 Å². The van der Waals surface area contributed by atoms with Crippen molar-refractivity contribution in [1.29, 1.82) is 0 Å². The molecular formula is C25H34N4O4. The number of nitrogens with zero attached hydrogens (tertiary/aromatic N) is 2. The summed E-state index contributed by atoms with van der Waals surface area (Å²) in [4.78, 5) is 29.5. The first kappa shape index (κ1) is 24.5. The molecule has 1 fully saturated rings. The maximum absolute atomic E-state index is 12.7. The first-order chi connectivity index (χ1) is 15.8. The van der Waals surface area contributed by atoms with E-state index in [2.05, 4.69) is 27.4 Å². The second-order valence-corrected chi connectivity index (χ2v) is 8.56. The van der Waals surface area contributed by atoms with Crippen LogP contribution in [0.25, 0.3) is 0 Å². The van der Waals surface area contributed by atoms with Crippen LogP contribution in [0.15, 0.2) is 36.4 Å². The van der Waals surface area contributed by atoms with Gasteiger partial charge in [-0.3, -0.25) is 19.4 Å². The summed E-state index contributed by atoms with van der Waals surface area (Å²) in [5.74, 6) is 1.12. The number of anilines is 2. The van der Waals surface area contributed by atoms with E-state index >= 15 is 0 Å². The molecule has 2 N–H and O–H groups in total. The summed E-state index contributed by atoms with van der Waals surface area (Å²) < 4.78 is 10.7. The van der Waals surface area contributed by atoms with E-state index in [4.69, 9.17) is 9.47 Å². The summed E-state index contributed by atoms with van der Waals surface area (Å²) in [6.07, 6.45) is 0. The standard InChI is InChI=1S/C25H34N4O4/c1-17-6-8-22(32-4)20(12-17)26-24(30)15-28-10-11-29(19(3)14-28)16-25(31)27-21-13-18(2)7-9-23(21)33-5/h6-9,12-13,19H,10-11,14-16H2,1-5H3,(H,26,30)(H,27,31). The largest absolute Gasteiger partial charge is 0.495 e. The Morgan fingerprint density at radius 1 is 0.879 bits per heavy atom. The molecule has 1 heterocycles.